The molecule has 2 aromatic carbocycles. The third-order valence-corrected chi connectivity index (χ3v) is 11.7. The number of unbranched alkanes of at least 4 members (excludes halogenated alkanes) is 1. The van der Waals surface area contributed by atoms with E-state index >= 15 is 0 Å². The van der Waals surface area contributed by atoms with Crippen LogP contribution in [-0.4, -0.2) is 50.5 Å². The lowest BCUT2D eigenvalue weighted by Crippen LogP contribution is -2.51. The molecule has 4 aliphatic carbocycles. The second-order valence-electron chi connectivity index (χ2n) is 13.1. The van der Waals surface area contributed by atoms with Crippen molar-refractivity contribution in [2.24, 2.45) is 17.8 Å². The SMILES string of the molecule is CCCCNC(=O)C(C)N(Cc1c(Cl)cccc1Cl)C(=O)CN(c1ccc(C23CC4CC(CC(C4)C2)C3)cc1)S(C)(=O)=O. The van der Waals surface area contributed by atoms with Crippen LogP contribution in [0.1, 0.15) is 76.3 Å². The highest BCUT2D eigenvalue weighted by atomic mass is 35.5. The number of nitrogens with one attached hydrogen (secondary N) is 1. The number of sulfonamides is 1. The van der Waals surface area contributed by atoms with Crippen molar-refractivity contribution in [1.82, 2.24) is 10.2 Å². The first-order valence-electron chi connectivity index (χ1n) is 15.5. The van der Waals surface area contributed by atoms with E-state index in [4.69, 9.17) is 23.2 Å². The minimum Gasteiger partial charge on any atom is -0.354 e. The number of benzene rings is 2. The summed E-state index contributed by atoms with van der Waals surface area (Å²) in [6.45, 7) is 3.65. The number of carbonyl (C=O) groups is 2. The van der Waals surface area contributed by atoms with Gasteiger partial charge in [0, 0.05) is 28.7 Å². The van der Waals surface area contributed by atoms with Crippen LogP contribution in [0.15, 0.2) is 42.5 Å². The molecule has 2 amide bonds. The van der Waals surface area contributed by atoms with E-state index in [9.17, 15) is 18.0 Å². The van der Waals surface area contributed by atoms with Crippen LogP contribution >= 0.6 is 23.2 Å². The van der Waals surface area contributed by atoms with Gasteiger partial charge < -0.3 is 10.2 Å². The largest absolute Gasteiger partial charge is 0.354 e. The quantitative estimate of drug-likeness (QED) is 0.264. The topological polar surface area (TPSA) is 86.8 Å². The van der Waals surface area contributed by atoms with Crippen LogP contribution < -0.4 is 9.62 Å². The Morgan fingerprint density at radius 1 is 0.977 bits per heavy atom. The van der Waals surface area contributed by atoms with Gasteiger partial charge in [-0.1, -0.05) is 54.7 Å². The first kappa shape index (κ1) is 32.1. The molecule has 0 radical (unpaired) electrons. The summed E-state index contributed by atoms with van der Waals surface area (Å²) in [5.41, 5.74) is 2.39. The number of nitrogens with zero attached hydrogens (tertiary/aromatic N) is 2. The highest BCUT2D eigenvalue weighted by Crippen LogP contribution is 2.60. The first-order valence-corrected chi connectivity index (χ1v) is 18.1. The van der Waals surface area contributed by atoms with E-state index < -0.39 is 28.5 Å². The molecule has 4 saturated carbocycles. The van der Waals surface area contributed by atoms with Crippen molar-refractivity contribution in [3.05, 3.63) is 63.6 Å². The van der Waals surface area contributed by atoms with Gasteiger partial charge >= 0.3 is 0 Å². The molecule has 0 spiro atoms. The summed E-state index contributed by atoms with van der Waals surface area (Å²) in [6.07, 6.45) is 10.5. The molecule has 4 bridgehead atoms. The minimum absolute atomic E-state index is 0.0394. The highest BCUT2D eigenvalue weighted by Gasteiger charge is 2.51. The molecule has 2 aromatic rings. The van der Waals surface area contributed by atoms with E-state index in [2.05, 4.69) is 17.4 Å². The summed E-state index contributed by atoms with van der Waals surface area (Å²) in [4.78, 5) is 28.4. The molecule has 0 heterocycles. The van der Waals surface area contributed by atoms with Gasteiger partial charge in [-0.15, -0.1) is 0 Å². The van der Waals surface area contributed by atoms with Gasteiger partial charge in [-0.05, 0) is 105 Å². The zero-order valence-corrected chi connectivity index (χ0v) is 27.6. The van der Waals surface area contributed by atoms with E-state index in [1.807, 2.05) is 19.1 Å². The monoisotopic (exact) mass is 647 g/mol. The first-order chi connectivity index (χ1) is 20.4. The molecule has 234 valence electrons. The Morgan fingerprint density at radius 3 is 2.05 bits per heavy atom. The molecule has 4 fully saturated rings. The Bertz CT molecular complexity index is 1390. The fourth-order valence-corrected chi connectivity index (χ4v) is 9.40. The normalized spacial score (nSPS) is 24.9. The maximum atomic E-state index is 13.9. The predicted octanol–water partition coefficient (Wildman–Crippen LogP) is 6.56. The maximum Gasteiger partial charge on any atom is 0.244 e. The van der Waals surface area contributed by atoms with Gasteiger partial charge in [-0.25, -0.2) is 8.42 Å². The number of hydrogen-bond donors (Lipinski definition) is 1. The van der Waals surface area contributed by atoms with Crippen LogP contribution in [0.2, 0.25) is 10.0 Å². The molecular formula is C33H43Cl2N3O4S. The van der Waals surface area contributed by atoms with Crippen LogP contribution in [0.3, 0.4) is 0 Å². The van der Waals surface area contributed by atoms with Crippen LogP contribution in [0.4, 0.5) is 5.69 Å². The lowest BCUT2D eigenvalue weighted by atomic mass is 9.48. The smallest absolute Gasteiger partial charge is 0.244 e. The van der Waals surface area contributed by atoms with Crippen molar-refractivity contribution in [3.8, 4) is 0 Å². The molecule has 6 rings (SSSR count). The zero-order chi connectivity index (χ0) is 30.9. The lowest BCUT2D eigenvalue weighted by molar-refractivity contribution is -0.139. The molecule has 10 heteroatoms. The Hall–Kier alpha value is -2.29. The second kappa shape index (κ2) is 13.0. The number of hydrogen-bond acceptors (Lipinski definition) is 4. The van der Waals surface area contributed by atoms with E-state index in [1.165, 1.54) is 49.0 Å². The fourth-order valence-electron chi connectivity index (χ4n) is 8.03. The Morgan fingerprint density at radius 2 is 1.53 bits per heavy atom. The third kappa shape index (κ3) is 7.02. The zero-order valence-electron chi connectivity index (χ0n) is 25.3. The number of carbonyl (C=O) groups excluding carboxylic acids is 2. The van der Waals surface area contributed by atoms with Crippen molar-refractivity contribution >= 4 is 50.7 Å². The Kier molecular flexibility index (Phi) is 9.69. The molecule has 7 nitrogen and oxygen atoms in total. The summed E-state index contributed by atoms with van der Waals surface area (Å²) < 4.78 is 27.3. The van der Waals surface area contributed by atoms with Gasteiger partial charge in [-0.3, -0.25) is 13.9 Å². The van der Waals surface area contributed by atoms with Crippen LogP contribution in [0.5, 0.6) is 0 Å². The Balaban J connectivity index is 1.39. The molecule has 0 aromatic heterocycles. The number of amides is 2. The Labute approximate surface area is 266 Å². The van der Waals surface area contributed by atoms with E-state index in [-0.39, 0.29) is 17.9 Å². The van der Waals surface area contributed by atoms with Crippen molar-refractivity contribution in [3.63, 3.8) is 0 Å². The van der Waals surface area contributed by atoms with E-state index in [0.29, 0.717) is 27.8 Å². The van der Waals surface area contributed by atoms with Gasteiger partial charge in [0.2, 0.25) is 21.8 Å². The second-order valence-corrected chi connectivity index (χ2v) is 15.8. The molecular weight excluding hydrogens is 605 g/mol. The van der Waals surface area contributed by atoms with Gasteiger partial charge in [-0.2, -0.15) is 0 Å². The van der Waals surface area contributed by atoms with Crippen LogP contribution in [0.25, 0.3) is 0 Å². The fraction of sp³-hybridized carbons (Fsp3) is 0.576. The molecule has 0 aliphatic heterocycles. The maximum absolute atomic E-state index is 13.9. The van der Waals surface area contributed by atoms with Crippen molar-refractivity contribution < 1.29 is 18.0 Å². The van der Waals surface area contributed by atoms with Gasteiger partial charge in [0.1, 0.15) is 12.6 Å². The summed E-state index contributed by atoms with van der Waals surface area (Å²) in [6, 6.07) is 12.0. The van der Waals surface area contributed by atoms with Gasteiger partial charge in [0.25, 0.3) is 0 Å². The van der Waals surface area contributed by atoms with Gasteiger partial charge in [0.05, 0.1) is 11.9 Å². The highest BCUT2D eigenvalue weighted by molar-refractivity contribution is 7.92. The van der Waals surface area contributed by atoms with E-state index in [1.54, 1.807) is 25.1 Å². The summed E-state index contributed by atoms with van der Waals surface area (Å²) >= 11 is 12.9. The summed E-state index contributed by atoms with van der Waals surface area (Å²) in [5.74, 6) is 1.56. The number of rotatable bonds is 12. The average molecular weight is 649 g/mol. The predicted molar refractivity (Wildman–Crippen MR) is 173 cm³/mol. The molecule has 43 heavy (non-hydrogen) atoms. The van der Waals surface area contributed by atoms with E-state index in [0.717, 1.165) is 41.2 Å². The molecule has 1 N–H and O–H groups in total. The number of halogens is 2. The molecule has 0 saturated heterocycles. The van der Waals surface area contributed by atoms with Crippen LogP contribution in [-0.2, 0) is 31.6 Å². The average Bonchev–Trinajstić information content (AvgIpc) is 2.94. The summed E-state index contributed by atoms with van der Waals surface area (Å²) in [5, 5.41) is 3.61. The number of anilines is 1. The summed E-state index contributed by atoms with van der Waals surface area (Å²) in [7, 11) is -3.82. The molecule has 1 atom stereocenters. The molecule has 4 aliphatic rings. The van der Waals surface area contributed by atoms with Crippen LogP contribution in [0, 0.1) is 17.8 Å². The van der Waals surface area contributed by atoms with Gasteiger partial charge in [0.15, 0.2) is 0 Å². The lowest BCUT2D eigenvalue weighted by Gasteiger charge is -2.57. The standard InChI is InChI=1S/C33H43Cl2N3O4S/c1-4-5-13-36-32(40)22(2)37(20-28-29(34)7-6-8-30(28)35)31(39)21-38(43(3,41)42)27-11-9-26(10-12-27)33-17-23-14-24(18-33)16-25(15-23)19-33/h6-12,22-25H,4-5,13-21H2,1-3H3,(H,36,40). The minimum atomic E-state index is -3.82. The third-order valence-electron chi connectivity index (χ3n) is 9.87. The van der Waals surface area contributed by atoms with Crippen molar-refractivity contribution in [1.29, 1.82) is 0 Å². The van der Waals surface area contributed by atoms with Crippen molar-refractivity contribution in [2.75, 3.05) is 23.7 Å². The van der Waals surface area contributed by atoms with Crippen molar-refractivity contribution in [2.45, 2.75) is 83.2 Å². The molecule has 1 unspecified atom stereocenters.